The van der Waals surface area contributed by atoms with Gasteiger partial charge in [0.2, 0.25) is 0 Å². The minimum atomic E-state index is -1.11. The number of carbonyl (C=O) groups is 1. The second-order valence-corrected chi connectivity index (χ2v) is 5.23. The number of hydrogen-bond acceptors (Lipinski definition) is 3. The lowest BCUT2D eigenvalue weighted by molar-refractivity contribution is -0.143. The van der Waals surface area contributed by atoms with Crippen LogP contribution in [0.3, 0.4) is 0 Å². The highest BCUT2D eigenvalue weighted by molar-refractivity contribution is 5.77. The third-order valence-electron chi connectivity index (χ3n) is 3.47. The van der Waals surface area contributed by atoms with E-state index < -0.39 is 11.5 Å². The Balaban J connectivity index is 2.49. The van der Waals surface area contributed by atoms with Crippen LogP contribution in [-0.2, 0) is 4.79 Å². The Morgan fingerprint density at radius 3 is 2.31 bits per heavy atom. The van der Waals surface area contributed by atoms with Crippen LogP contribution in [0.5, 0.6) is 0 Å². The highest BCUT2D eigenvalue weighted by Crippen LogP contribution is 2.18. The molecule has 1 aliphatic rings. The van der Waals surface area contributed by atoms with Crippen molar-refractivity contribution in [3.8, 4) is 0 Å². The number of likely N-dealkylation sites (tertiary alicyclic amines) is 1. The average molecular weight is 228 g/mol. The van der Waals surface area contributed by atoms with Crippen molar-refractivity contribution in [3.05, 3.63) is 0 Å². The first-order valence-corrected chi connectivity index (χ1v) is 6.20. The molecule has 1 heterocycles. The van der Waals surface area contributed by atoms with E-state index in [4.69, 9.17) is 10.8 Å². The van der Waals surface area contributed by atoms with Gasteiger partial charge in [0, 0.05) is 6.04 Å². The Kier molecular flexibility index (Phi) is 4.74. The molecular weight excluding hydrogens is 204 g/mol. The zero-order valence-electron chi connectivity index (χ0n) is 10.4. The van der Waals surface area contributed by atoms with Gasteiger partial charge in [-0.2, -0.15) is 0 Å². The summed E-state index contributed by atoms with van der Waals surface area (Å²) in [4.78, 5) is 13.3. The number of nitrogens with two attached hydrogens (primary N) is 1. The van der Waals surface area contributed by atoms with Crippen LogP contribution in [0.25, 0.3) is 0 Å². The summed E-state index contributed by atoms with van der Waals surface area (Å²) in [5.74, 6) is -0.908. The van der Waals surface area contributed by atoms with Crippen molar-refractivity contribution >= 4 is 5.97 Å². The molecule has 0 aromatic heterocycles. The lowest BCUT2D eigenvalue weighted by Gasteiger charge is -2.32. The van der Waals surface area contributed by atoms with E-state index >= 15 is 0 Å². The van der Waals surface area contributed by atoms with Crippen LogP contribution in [0.1, 0.15) is 46.0 Å². The number of carboxylic acid groups (broad SMARTS) is 1. The van der Waals surface area contributed by atoms with Crippen LogP contribution in [0, 0.1) is 0 Å². The number of carboxylic acids is 1. The maximum Gasteiger partial charge on any atom is 0.323 e. The molecule has 16 heavy (non-hydrogen) atoms. The lowest BCUT2D eigenvalue weighted by atomic mass is 9.94. The van der Waals surface area contributed by atoms with Gasteiger partial charge in [0.15, 0.2) is 0 Å². The van der Waals surface area contributed by atoms with Crippen LogP contribution in [0.2, 0.25) is 0 Å². The van der Waals surface area contributed by atoms with Gasteiger partial charge in [0.1, 0.15) is 5.54 Å². The fourth-order valence-electron chi connectivity index (χ4n) is 2.37. The maximum atomic E-state index is 11.0. The molecule has 1 rings (SSSR count). The van der Waals surface area contributed by atoms with Crippen molar-refractivity contribution in [3.63, 3.8) is 0 Å². The maximum absolute atomic E-state index is 11.0. The van der Waals surface area contributed by atoms with Crippen LogP contribution in [-0.4, -0.2) is 40.6 Å². The van der Waals surface area contributed by atoms with E-state index in [1.807, 2.05) is 0 Å². The fourth-order valence-corrected chi connectivity index (χ4v) is 2.37. The number of aliphatic carboxylic acids is 1. The molecular formula is C12H24N2O2. The molecule has 94 valence electrons. The Bertz CT molecular complexity index is 233. The Morgan fingerprint density at radius 2 is 1.88 bits per heavy atom. The van der Waals surface area contributed by atoms with E-state index in [1.54, 1.807) is 6.92 Å². The van der Waals surface area contributed by atoms with Crippen molar-refractivity contribution in [2.45, 2.75) is 57.5 Å². The zero-order valence-corrected chi connectivity index (χ0v) is 10.4. The Hall–Kier alpha value is -0.610. The first-order chi connectivity index (χ1) is 7.43. The van der Waals surface area contributed by atoms with E-state index in [0.717, 1.165) is 13.1 Å². The van der Waals surface area contributed by atoms with E-state index in [1.165, 1.54) is 25.7 Å². The molecule has 1 aliphatic heterocycles. The SMILES string of the molecule is CC(CC(C)(N)C(=O)O)N1CCCCCC1. The van der Waals surface area contributed by atoms with Crippen molar-refractivity contribution in [2.75, 3.05) is 13.1 Å². The number of nitrogens with zero attached hydrogens (tertiary/aromatic N) is 1. The molecule has 0 aromatic rings. The first kappa shape index (κ1) is 13.5. The summed E-state index contributed by atoms with van der Waals surface area (Å²) in [6.07, 6.45) is 5.55. The smallest absolute Gasteiger partial charge is 0.323 e. The molecule has 1 fully saturated rings. The van der Waals surface area contributed by atoms with Crippen LogP contribution < -0.4 is 5.73 Å². The van der Waals surface area contributed by atoms with Gasteiger partial charge >= 0.3 is 5.97 Å². The molecule has 0 amide bonds. The van der Waals surface area contributed by atoms with Gasteiger partial charge in [0.05, 0.1) is 0 Å². The van der Waals surface area contributed by atoms with Crippen molar-refractivity contribution < 1.29 is 9.90 Å². The molecule has 0 aliphatic carbocycles. The largest absolute Gasteiger partial charge is 0.480 e. The molecule has 0 aromatic carbocycles. The Morgan fingerprint density at radius 1 is 1.38 bits per heavy atom. The van der Waals surface area contributed by atoms with Crippen molar-refractivity contribution in [2.24, 2.45) is 5.73 Å². The minimum absolute atomic E-state index is 0.254. The molecule has 2 atom stereocenters. The molecule has 2 unspecified atom stereocenters. The van der Waals surface area contributed by atoms with Crippen LogP contribution in [0.15, 0.2) is 0 Å². The summed E-state index contributed by atoms with van der Waals surface area (Å²) >= 11 is 0. The van der Waals surface area contributed by atoms with E-state index in [0.29, 0.717) is 6.42 Å². The molecule has 3 N–H and O–H groups in total. The predicted molar refractivity (Wildman–Crippen MR) is 64.3 cm³/mol. The summed E-state index contributed by atoms with van der Waals surface area (Å²) in [6, 6.07) is 0.254. The standard InChI is InChI=1S/C12H24N2O2/c1-10(9-12(2,13)11(15)16)14-7-5-3-4-6-8-14/h10H,3-9,13H2,1-2H3,(H,15,16). The monoisotopic (exact) mass is 228 g/mol. The lowest BCUT2D eigenvalue weighted by Crippen LogP contribution is -2.50. The molecule has 4 nitrogen and oxygen atoms in total. The highest BCUT2D eigenvalue weighted by atomic mass is 16.4. The van der Waals surface area contributed by atoms with E-state index in [2.05, 4.69) is 11.8 Å². The summed E-state index contributed by atoms with van der Waals surface area (Å²) in [6.45, 7) is 5.84. The molecule has 0 saturated carbocycles. The second-order valence-electron chi connectivity index (χ2n) is 5.23. The topological polar surface area (TPSA) is 66.6 Å². The second kappa shape index (κ2) is 5.64. The molecule has 0 bridgehead atoms. The van der Waals surface area contributed by atoms with Gasteiger partial charge in [-0.15, -0.1) is 0 Å². The molecule has 0 spiro atoms. The van der Waals surface area contributed by atoms with Gasteiger partial charge in [-0.05, 0) is 46.2 Å². The average Bonchev–Trinajstić information content (AvgIpc) is 2.44. The van der Waals surface area contributed by atoms with Crippen molar-refractivity contribution in [1.29, 1.82) is 0 Å². The molecule has 4 heteroatoms. The highest BCUT2D eigenvalue weighted by Gasteiger charge is 2.31. The van der Waals surface area contributed by atoms with Gasteiger partial charge < -0.3 is 15.7 Å². The zero-order chi connectivity index (χ0) is 12.2. The molecule has 0 radical (unpaired) electrons. The van der Waals surface area contributed by atoms with Crippen molar-refractivity contribution in [1.82, 2.24) is 4.90 Å². The summed E-state index contributed by atoms with van der Waals surface area (Å²) in [5, 5.41) is 9.00. The van der Waals surface area contributed by atoms with E-state index in [-0.39, 0.29) is 6.04 Å². The normalized spacial score (nSPS) is 24.4. The fraction of sp³-hybridized carbons (Fsp3) is 0.917. The third-order valence-corrected chi connectivity index (χ3v) is 3.47. The quantitative estimate of drug-likeness (QED) is 0.764. The first-order valence-electron chi connectivity index (χ1n) is 6.20. The summed E-state index contributed by atoms with van der Waals surface area (Å²) in [5.41, 5.74) is 4.67. The van der Waals surface area contributed by atoms with Gasteiger partial charge in [-0.1, -0.05) is 12.8 Å². The van der Waals surface area contributed by atoms with E-state index in [9.17, 15) is 4.79 Å². The van der Waals surface area contributed by atoms with Gasteiger partial charge in [0.25, 0.3) is 0 Å². The van der Waals surface area contributed by atoms with Crippen LogP contribution >= 0.6 is 0 Å². The van der Waals surface area contributed by atoms with Crippen LogP contribution in [0.4, 0.5) is 0 Å². The summed E-state index contributed by atoms with van der Waals surface area (Å²) in [7, 11) is 0. The van der Waals surface area contributed by atoms with Gasteiger partial charge in [-0.3, -0.25) is 4.79 Å². The summed E-state index contributed by atoms with van der Waals surface area (Å²) < 4.78 is 0. The minimum Gasteiger partial charge on any atom is -0.480 e. The number of hydrogen-bond donors (Lipinski definition) is 2. The Labute approximate surface area is 97.8 Å². The van der Waals surface area contributed by atoms with Gasteiger partial charge in [-0.25, -0.2) is 0 Å². The number of rotatable bonds is 4. The predicted octanol–water partition coefficient (Wildman–Crippen LogP) is 1.44. The molecule has 1 saturated heterocycles. The third kappa shape index (κ3) is 3.76.